The largest absolute Gasteiger partial charge is 0.342 e. The van der Waals surface area contributed by atoms with Gasteiger partial charge in [0.05, 0.1) is 12.1 Å². The number of likely N-dealkylation sites (tertiary alicyclic amines) is 1. The standard InChI is InChI=1S/C29H49N5O3/c1-20(2)18-24(30)27(36)33(17-15-22-12-9-8-10-13-22)19-23-14-11-16-34(23)28(37)25(29(4,5)6)32-26(35)21(3)31-7/h8-10,12-13,20-21,23-25,31H,11,14-19,30H2,1-7H3,(H,32,35)/t21-,23-,24+,25+/m0/s1. The van der Waals surface area contributed by atoms with Crippen molar-refractivity contribution in [2.45, 2.75) is 91.4 Å². The molecule has 1 saturated heterocycles. The van der Waals surface area contributed by atoms with Crippen LogP contribution in [-0.4, -0.2) is 78.4 Å². The monoisotopic (exact) mass is 515 g/mol. The van der Waals surface area contributed by atoms with Crippen LogP contribution in [0.2, 0.25) is 0 Å². The van der Waals surface area contributed by atoms with E-state index >= 15 is 0 Å². The number of hydrogen-bond donors (Lipinski definition) is 3. The second kappa shape index (κ2) is 13.9. The minimum atomic E-state index is -0.659. The lowest BCUT2D eigenvalue weighted by Crippen LogP contribution is -2.59. The molecule has 1 heterocycles. The summed E-state index contributed by atoms with van der Waals surface area (Å²) in [5.74, 6) is -0.0393. The highest BCUT2D eigenvalue weighted by molar-refractivity contribution is 5.90. The molecule has 2 rings (SSSR count). The third kappa shape index (κ3) is 9.11. The zero-order valence-corrected chi connectivity index (χ0v) is 23.9. The van der Waals surface area contributed by atoms with Crippen LogP contribution >= 0.6 is 0 Å². The first-order valence-electron chi connectivity index (χ1n) is 13.7. The molecule has 1 aliphatic heterocycles. The summed E-state index contributed by atoms with van der Waals surface area (Å²) in [5, 5.41) is 5.91. The second-order valence-corrected chi connectivity index (χ2v) is 11.9. The first-order chi connectivity index (χ1) is 17.3. The van der Waals surface area contributed by atoms with Crippen molar-refractivity contribution in [1.29, 1.82) is 0 Å². The molecule has 0 spiro atoms. The summed E-state index contributed by atoms with van der Waals surface area (Å²) in [4.78, 5) is 43.7. The summed E-state index contributed by atoms with van der Waals surface area (Å²) in [7, 11) is 1.72. The predicted octanol–water partition coefficient (Wildman–Crippen LogP) is 2.56. The van der Waals surface area contributed by atoms with E-state index in [4.69, 9.17) is 5.73 Å². The molecular weight excluding hydrogens is 466 g/mol. The Morgan fingerprint density at radius 3 is 2.35 bits per heavy atom. The van der Waals surface area contributed by atoms with Crippen LogP contribution in [0.5, 0.6) is 0 Å². The van der Waals surface area contributed by atoms with E-state index in [-0.39, 0.29) is 23.8 Å². The number of nitrogens with zero attached hydrogens (tertiary/aromatic N) is 2. The maximum absolute atomic E-state index is 13.8. The zero-order valence-electron chi connectivity index (χ0n) is 23.9. The molecule has 4 N–H and O–H groups in total. The molecule has 0 bridgehead atoms. The quantitative estimate of drug-likeness (QED) is 0.397. The summed E-state index contributed by atoms with van der Waals surface area (Å²) in [5.41, 5.74) is 7.03. The number of rotatable bonds is 12. The Kier molecular flexibility index (Phi) is 11.6. The van der Waals surface area contributed by atoms with Gasteiger partial charge in [0.15, 0.2) is 0 Å². The smallest absolute Gasteiger partial charge is 0.246 e. The Bertz CT molecular complexity index is 883. The molecule has 1 fully saturated rings. The van der Waals surface area contributed by atoms with Crippen LogP contribution < -0.4 is 16.4 Å². The predicted molar refractivity (Wildman–Crippen MR) is 149 cm³/mol. The zero-order chi connectivity index (χ0) is 27.8. The van der Waals surface area contributed by atoms with E-state index in [1.807, 2.05) is 48.8 Å². The molecule has 0 aliphatic carbocycles. The first-order valence-corrected chi connectivity index (χ1v) is 13.7. The van der Waals surface area contributed by atoms with Crippen molar-refractivity contribution < 1.29 is 14.4 Å². The van der Waals surface area contributed by atoms with Gasteiger partial charge >= 0.3 is 0 Å². The lowest BCUT2D eigenvalue weighted by molar-refractivity contribution is -0.142. The Morgan fingerprint density at radius 2 is 1.78 bits per heavy atom. The maximum Gasteiger partial charge on any atom is 0.246 e. The highest BCUT2D eigenvalue weighted by atomic mass is 16.2. The number of carbonyl (C=O) groups excluding carboxylic acids is 3. The van der Waals surface area contributed by atoms with Crippen molar-refractivity contribution >= 4 is 17.7 Å². The molecule has 1 aromatic carbocycles. The summed E-state index contributed by atoms with van der Waals surface area (Å²) in [6, 6.07) is 8.37. The summed E-state index contributed by atoms with van der Waals surface area (Å²) in [6.45, 7) is 13.4. The van der Waals surface area contributed by atoms with Gasteiger partial charge in [-0.1, -0.05) is 65.0 Å². The lowest BCUT2D eigenvalue weighted by Gasteiger charge is -2.38. The SMILES string of the molecule is CN[C@@H](C)C(=O)N[C@H](C(=O)N1CCC[C@H]1CN(CCc1ccccc1)C(=O)[C@H](N)CC(C)C)C(C)(C)C. The van der Waals surface area contributed by atoms with E-state index in [0.29, 0.717) is 32.0 Å². The van der Waals surface area contributed by atoms with Crippen LogP contribution in [-0.2, 0) is 20.8 Å². The van der Waals surface area contributed by atoms with E-state index in [1.165, 1.54) is 0 Å². The third-order valence-corrected chi connectivity index (χ3v) is 7.18. The molecule has 208 valence electrons. The molecule has 4 atom stereocenters. The molecule has 3 amide bonds. The normalized spacial score (nSPS) is 18.4. The van der Waals surface area contributed by atoms with Gasteiger partial charge in [-0.2, -0.15) is 0 Å². The number of amides is 3. The van der Waals surface area contributed by atoms with Gasteiger partial charge in [0.2, 0.25) is 17.7 Å². The molecule has 8 nitrogen and oxygen atoms in total. The molecule has 1 aromatic rings. The fourth-order valence-electron chi connectivity index (χ4n) is 4.83. The Hall–Kier alpha value is -2.45. The Morgan fingerprint density at radius 1 is 1.14 bits per heavy atom. The second-order valence-electron chi connectivity index (χ2n) is 11.9. The van der Waals surface area contributed by atoms with Crippen LogP contribution in [0.1, 0.15) is 66.4 Å². The molecule has 1 aliphatic rings. The van der Waals surface area contributed by atoms with Gasteiger partial charge in [-0.25, -0.2) is 0 Å². The number of nitrogens with one attached hydrogen (secondary N) is 2. The van der Waals surface area contributed by atoms with E-state index in [0.717, 1.165) is 24.8 Å². The molecule has 0 aromatic heterocycles. The van der Waals surface area contributed by atoms with E-state index < -0.39 is 23.5 Å². The fourth-order valence-corrected chi connectivity index (χ4v) is 4.83. The summed E-state index contributed by atoms with van der Waals surface area (Å²) < 4.78 is 0. The molecule has 37 heavy (non-hydrogen) atoms. The average molecular weight is 516 g/mol. The van der Waals surface area contributed by atoms with Crippen molar-refractivity contribution in [3.63, 3.8) is 0 Å². The highest BCUT2D eigenvalue weighted by Crippen LogP contribution is 2.26. The number of nitrogens with two attached hydrogens (primary N) is 1. The van der Waals surface area contributed by atoms with E-state index in [2.05, 4.69) is 36.6 Å². The first kappa shape index (κ1) is 30.8. The molecule has 8 heteroatoms. The average Bonchev–Trinajstić information content (AvgIpc) is 3.31. The van der Waals surface area contributed by atoms with Crippen LogP contribution in [0, 0.1) is 11.3 Å². The van der Waals surface area contributed by atoms with E-state index in [9.17, 15) is 14.4 Å². The highest BCUT2D eigenvalue weighted by Gasteiger charge is 2.41. The third-order valence-electron chi connectivity index (χ3n) is 7.18. The van der Waals surface area contributed by atoms with Crippen molar-refractivity contribution in [2.75, 3.05) is 26.7 Å². The number of hydrogen-bond acceptors (Lipinski definition) is 5. The van der Waals surface area contributed by atoms with Gasteiger partial charge in [0, 0.05) is 25.7 Å². The molecule has 0 unspecified atom stereocenters. The number of carbonyl (C=O) groups is 3. The molecular formula is C29H49N5O3. The molecule has 0 saturated carbocycles. The van der Waals surface area contributed by atoms with Crippen LogP contribution in [0.3, 0.4) is 0 Å². The van der Waals surface area contributed by atoms with Gasteiger partial charge in [-0.05, 0) is 56.6 Å². The topological polar surface area (TPSA) is 108 Å². The van der Waals surface area contributed by atoms with Crippen molar-refractivity contribution in [3.05, 3.63) is 35.9 Å². The summed E-state index contributed by atoms with van der Waals surface area (Å²) in [6.07, 6.45) is 3.03. The number of likely N-dealkylation sites (N-methyl/N-ethyl adjacent to an activating group) is 1. The van der Waals surface area contributed by atoms with Gasteiger partial charge in [0.1, 0.15) is 6.04 Å². The van der Waals surface area contributed by atoms with Gasteiger partial charge in [-0.15, -0.1) is 0 Å². The number of benzene rings is 1. The van der Waals surface area contributed by atoms with Crippen LogP contribution in [0.4, 0.5) is 0 Å². The fraction of sp³-hybridized carbons (Fsp3) is 0.690. The van der Waals surface area contributed by atoms with Crippen molar-refractivity contribution in [2.24, 2.45) is 17.1 Å². The summed E-state index contributed by atoms with van der Waals surface area (Å²) >= 11 is 0. The molecule has 0 radical (unpaired) electrons. The van der Waals surface area contributed by atoms with Gasteiger partial charge in [-0.3, -0.25) is 14.4 Å². The van der Waals surface area contributed by atoms with Crippen molar-refractivity contribution in [3.8, 4) is 0 Å². The van der Waals surface area contributed by atoms with Crippen LogP contribution in [0.15, 0.2) is 30.3 Å². The van der Waals surface area contributed by atoms with Gasteiger partial charge < -0.3 is 26.2 Å². The Balaban J connectivity index is 2.22. The Labute approximate surface area is 223 Å². The minimum Gasteiger partial charge on any atom is -0.342 e. The van der Waals surface area contributed by atoms with E-state index in [1.54, 1.807) is 14.0 Å². The van der Waals surface area contributed by atoms with Crippen molar-refractivity contribution in [1.82, 2.24) is 20.4 Å². The van der Waals surface area contributed by atoms with Crippen LogP contribution in [0.25, 0.3) is 0 Å². The lowest BCUT2D eigenvalue weighted by atomic mass is 9.85. The maximum atomic E-state index is 13.8. The van der Waals surface area contributed by atoms with Gasteiger partial charge in [0.25, 0.3) is 0 Å². The minimum absolute atomic E-state index is 0.0625.